The van der Waals surface area contributed by atoms with Gasteiger partial charge in [0.25, 0.3) is 0 Å². The highest BCUT2D eigenvalue weighted by Gasteiger charge is 2.12. The molecule has 27 heavy (non-hydrogen) atoms. The number of aromatic nitrogens is 1. The molecule has 1 aromatic carbocycles. The van der Waals surface area contributed by atoms with Gasteiger partial charge in [-0.3, -0.25) is 4.98 Å². The zero-order valence-electron chi connectivity index (χ0n) is 16.1. The molecule has 6 N–H and O–H groups in total. The van der Waals surface area contributed by atoms with Gasteiger partial charge in [-0.25, -0.2) is 4.57 Å². The first kappa shape index (κ1) is 23.3. The zero-order chi connectivity index (χ0) is 20.4. The molecule has 0 fully saturated rings. The molecule has 0 radical (unpaired) electrons. The molecule has 0 spiro atoms. The van der Waals surface area contributed by atoms with E-state index in [9.17, 15) is 0 Å². The lowest BCUT2D eigenvalue weighted by molar-refractivity contribution is 0.275. The zero-order valence-corrected chi connectivity index (χ0v) is 16.9. The molecule has 1 aromatic heterocycles. The molecule has 1 unspecified atom stereocenters. The second-order valence-electron chi connectivity index (χ2n) is 6.27. The Hall–Kier alpha value is -1.70. The summed E-state index contributed by atoms with van der Waals surface area (Å²) in [5.41, 5.74) is 8.93. The number of nitrogens with one attached hydrogen (secondary N) is 1. The third-order valence-corrected chi connectivity index (χ3v) is 4.03. The number of methoxy groups -OCH3 is 1. The minimum atomic E-state index is -4.64. The molecular formula is C18H30N3O5P. The van der Waals surface area contributed by atoms with Gasteiger partial charge in [0.15, 0.2) is 0 Å². The number of anilines is 1. The Morgan fingerprint density at radius 3 is 2.52 bits per heavy atom. The van der Waals surface area contributed by atoms with Gasteiger partial charge in [0.05, 0.1) is 18.3 Å². The topological polar surface area (TPSA) is 138 Å². The van der Waals surface area contributed by atoms with Crippen LogP contribution in [-0.2, 0) is 4.57 Å². The minimum absolute atomic E-state index is 0.422. The third kappa shape index (κ3) is 8.69. The molecule has 0 aliphatic heterocycles. The molecule has 0 aliphatic carbocycles. The molecule has 1 heterocycles. The van der Waals surface area contributed by atoms with E-state index in [1.807, 2.05) is 18.3 Å². The summed E-state index contributed by atoms with van der Waals surface area (Å²) in [6.45, 7) is 5.05. The summed E-state index contributed by atoms with van der Waals surface area (Å²) in [5.74, 6) is 0.861. The second kappa shape index (κ2) is 11.2. The first-order chi connectivity index (χ1) is 12.7. The van der Waals surface area contributed by atoms with Crippen LogP contribution in [0.15, 0.2) is 24.4 Å². The summed E-state index contributed by atoms with van der Waals surface area (Å²) in [6.07, 6.45) is 6.26. The number of phosphoric acid groups is 1. The molecule has 2 rings (SSSR count). The van der Waals surface area contributed by atoms with Gasteiger partial charge in [-0.2, -0.15) is 0 Å². The van der Waals surface area contributed by atoms with E-state index in [0.717, 1.165) is 54.6 Å². The van der Waals surface area contributed by atoms with Crippen molar-refractivity contribution in [3.8, 4) is 5.75 Å². The maximum atomic E-state index is 8.88. The van der Waals surface area contributed by atoms with Crippen molar-refractivity contribution in [1.29, 1.82) is 0 Å². The lowest BCUT2D eigenvalue weighted by Crippen LogP contribution is -2.21. The van der Waals surface area contributed by atoms with Crippen molar-refractivity contribution in [1.82, 2.24) is 4.98 Å². The number of nitrogens with two attached hydrogens (primary N) is 1. The Labute approximate surface area is 160 Å². The van der Waals surface area contributed by atoms with Gasteiger partial charge in [0.2, 0.25) is 0 Å². The number of hydrogen-bond donors (Lipinski definition) is 5. The maximum Gasteiger partial charge on any atom is 0.466 e. The first-order valence-electron chi connectivity index (χ1n) is 8.87. The van der Waals surface area contributed by atoms with Crippen molar-refractivity contribution in [2.45, 2.75) is 45.6 Å². The van der Waals surface area contributed by atoms with E-state index < -0.39 is 7.82 Å². The fourth-order valence-corrected chi connectivity index (χ4v) is 2.81. The van der Waals surface area contributed by atoms with Crippen LogP contribution in [-0.4, -0.2) is 39.4 Å². The standard InChI is InChI=1S/C18H27N3O.H3O4P/c1-4-6-14(7-5-9-19)21-17-12-15(22-3)11-16-13(2)8-10-20-18(16)17;1-5(2,3)4/h8,10-12,14,21H,4-7,9,19H2,1-3H3;(H3,1,2,3,4). The number of fused-ring (bicyclic) bond motifs is 1. The summed E-state index contributed by atoms with van der Waals surface area (Å²) in [7, 11) is -2.94. The number of benzene rings is 1. The van der Waals surface area contributed by atoms with E-state index in [1.165, 1.54) is 5.56 Å². The number of nitrogens with zero attached hydrogens (tertiary/aromatic N) is 1. The van der Waals surface area contributed by atoms with Gasteiger partial charge in [-0.1, -0.05) is 13.3 Å². The molecule has 1 atom stereocenters. The summed E-state index contributed by atoms with van der Waals surface area (Å²) in [4.78, 5) is 26.1. The minimum Gasteiger partial charge on any atom is -0.497 e. The van der Waals surface area contributed by atoms with Crippen molar-refractivity contribution in [2.24, 2.45) is 5.73 Å². The Kier molecular flexibility index (Phi) is 9.69. The van der Waals surface area contributed by atoms with Crippen LogP contribution in [0.4, 0.5) is 5.69 Å². The molecule has 0 saturated carbocycles. The van der Waals surface area contributed by atoms with E-state index in [-0.39, 0.29) is 0 Å². The van der Waals surface area contributed by atoms with E-state index in [2.05, 4.69) is 30.2 Å². The van der Waals surface area contributed by atoms with E-state index in [1.54, 1.807) is 7.11 Å². The van der Waals surface area contributed by atoms with Crippen LogP contribution in [0.5, 0.6) is 5.75 Å². The normalized spacial score (nSPS) is 12.3. The molecule has 152 valence electrons. The predicted octanol–water partition coefficient (Wildman–Crippen LogP) is 2.94. The Bertz CT molecular complexity index is 758. The van der Waals surface area contributed by atoms with Crippen LogP contribution in [0.1, 0.15) is 38.2 Å². The highest BCUT2D eigenvalue weighted by atomic mass is 31.2. The smallest absolute Gasteiger partial charge is 0.466 e. The van der Waals surface area contributed by atoms with Crippen LogP contribution in [0, 0.1) is 6.92 Å². The average Bonchev–Trinajstić information content (AvgIpc) is 2.59. The predicted molar refractivity (Wildman–Crippen MR) is 108 cm³/mol. The SMILES string of the molecule is CCCC(CCCN)Nc1cc(OC)cc2c(C)ccnc12.O=P(O)(O)O. The van der Waals surface area contributed by atoms with Crippen molar-refractivity contribution in [2.75, 3.05) is 19.0 Å². The second-order valence-corrected chi connectivity index (χ2v) is 7.30. The van der Waals surface area contributed by atoms with Gasteiger partial charge in [0.1, 0.15) is 5.75 Å². The number of aryl methyl sites for hydroxylation is 1. The maximum absolute atomic E-state index is 8.88. The van der Waals surface area contributed by atoms with Crippen molar-refractivity contribution in [3.63, 3.8) is 0 Å². The molecule has 2 aromatic rings. The van der Waals surface area contributed by atoms with Crippen LogP contribution in [0.25, 0.3) is 10.9 Å². The Morgan fingerprint density at radius 2 is 1.96 bits per heavy atom. The third-order valence-electron chi connectivity index (χ3n) is 4.03. The number of hydrogen-bond acceptors (Lipinski definition) is 5. The fraction of sp³-hybridized carbons (Fsp3) is 0.500. The summed E-state index contributed by atoms with van der Waals surface area (Å²) < 4.78 is 14.3. The molecule has 0 aliphatic rings. The highest BCUT2D eigenvalue weighted by Crippen LogP contribution is 2.31. The number of ether oxygens (including phenoxy) is 1. The van der Waals surface area contributed by atoms with Gasteiger partial charge in [-0.05, 0) is 50.4 Å². The lowest BCUT2D eigenvalue weighted by atomic mass is 10.0. The van der Waals surface area contributed by atoms with Crippen molar-refractivity contribution < 1.29 is 24.0 Å². The summed E-state index contributed by atoms with van der Waals surface area (Å²) >= 11 is 0. The van der Waals surface area contributed by atoms with Gasteiger partial charge >= 0.3 is 7.82 Å². The van der Waals surface area contributed by atoms with Crippen LogP contribution >= 0.6 is 7.82 Å². The van der Waals surface area contributed by atoms with Crippen molar-refractivity contribution in [3.05, 3.63) is 30.0 Å². The summed E-state index contributed by atoms with van der Waals surface area (Å²) in [5, 5.41) is 4.80. The molecular weight excluding hydrogens is 369 g/mol. The van der Waals surface area contributed by atoms with Crippen molar-refractivity contribution >= 4 is 24.4 Å². The number of rotatable bonds is 8. The molecule has 0 saturated heterocycles. The van der Waals surface area contributed by atoms with Gasteiger partial charge < -0.3 is 30.5 Å². The van der Waals surface area contributed by atoms with Crippen LogP contribution in [0.3, 0.4) is 0 Å². The monoisotopic (exact) mass is 399 g/mol. The van der Waals surface area contributed by atoms with Gasteiger partial charge in [-0.15, -0.1) is 0 Å². The Morgan fingerprint density at radius 1 is 1.30 bits per heavy atom. The average molecular weight is 399 g/mol. The van der Waals surface area contributed by atoms with E-state index >= 15 is 0 Å². The molecule has 0 amide bonds. The lowest BCUT2D eigenvalue weighted by Gasteiger charge is -2.21. The van der Waals surface area contributed by atoms with Gasteiger partial charge in [0, 0.05) is 23.7 Å². The Balaban J connectivity index is 0.000000646. The first-order valence-corrected chi connectivity index (χ1v) is 10.4. The fourth-order valence-electron chi connectivity index (χ4n) is 2.81. The highest BCUT2D eigenvalue weighted by molar-refractivity contribution is 7.45. The molecule has 8 nitrogen and oxygen atoms in total. The van der Waals surface area contributed by atoms with E-state index in [4.69, 9.17) is 29.7 Å². The number of pyridine rings is 1. The van der Waals surface area contributed by atoms with E-state index in [0.29, 0.717) is 6.04 Å². The molecule has 0 bridgehead atoms. The summed E-state index contributed by atoms with van der Waals surface area (Å²) in [6, 6.07) is 6.55. The largest absolute Gasteiger partial charge is 0.497 e. The molecule has 9 heteroatoms. The van der Waals surface area contributed by atoms with Crippen LogP contribution in [0.2, 0.25) is 0 Å². The quantitative estimate of drug-likeness (QED) is 0.427. The van der Waals surface area contributed by atoms with Crippen LogP contribution < -0.4 is 15.8 Å².